The summed E-state index contributed by atoms with van der Waals surface area (Å²) in [5.74, 6) is 4.90. The zero-order valence-corrected chi connectivity index (χ0v) is 11.1. The molecule has 6 nitrogen and oxygen atoms in total. The largest absolute Gasteiger partial charge is 0.495 e. The van der Waals surface area contributed by atoms with E-state index in [0.717, 1.165) is 0 Å². The highest BCUT2D eigenvalue weighted by molar-refractivity contribution is 5.95. The zero-order chi connectivity index (χ0) is 15.0. The Morgan fingerprint density at radius 3 is 2.80 bits per heavy atom. The number of primary amides is 1. The summed E-state index contributed by atoms with van der Waals surface area (Å²) in [6.45, 7) is -0.101. The number of nitrogens with one attached hydrogen (secondary N) is 1. The molecule has 20 heavy (non-hydrogen) atoms. The highest BCUT2D eigenvalue weighted by Crippen LogP contribution is 2.18. The van der Waals surface area contributed by atoms with Gasteiger partial charge in [0, 0.05) is 18.5 Å². The van der Waals surface area contributed by atoms with Crippen LogP contribution in [0.1, 0.15) is 22.3 Å². The number of aliphatic hydroxyl groups is 1. The summed E-state index contributed by atoms with van der Waals surface area (Å²) in [7, 11) is 1.49. The monoisotopic (exact) mass is 276 g/mol. The van der Waals surface area contributed by atoms with E-state index < -0.39 is 5.91 Å². The Bertz CT molecular complexity index is 558. The van der Waals surface area contributed by atoms with Gasteiger partial charge in [-0.2, -0.15) is 0 Å². The van der Waals surface area contributed by atoms with Crippen molar-refractivity contribution in [2.75, 3.05) is 20.3 Å². The van der Waals surface area contributed by atoms with Crippen LogP contribution in [0.2, 0.25) is 0 Å². The van der Waals surface area contributed by atoms with Crippen molar-refractivity contribution < 1.29 is 19.4 Å². The molecule has 0 atom stereocenters. The molecule has 0 aromatic heterocycles. The maximum absolute atomic E-state index is 11.9. The van der Waals surface area contributed by atoms with Gasteiger partial charge < -0.3 is 20.9 Å². The van der Waals surface area contributed by atoms with E-state index in [1.165, 1.54) is 7.11 Å². The predicted octanol–water partition coefficient (Wildman–Crippen LogP) is -0.356. The van der Waals surface area contributed by atoms with Crippen LogP contribution in [0.15, 0.2) is 18.2 Å². The Hall–Kier alpha value is -2.52. The van der Waals surface area contributed by atoms with Crippen LogP contribution in [-0.4, -0.2) is 37.2 Å². The topological polar surface area (TPSA) is 102 Å². The van der Waals surface area contributed by atoms with Crippen LogP contribution < -0.4 is 15.8 Å². The van der Waals surface area contributed by atoms with Crippen molar-refractivity contribution in [3.63, 3.8) is 0 Å². The lowest BCUT2D eigenvalue weighted by atomic mass is 10.1. The predicted molar refractivity (Wildman–Crippen MR) is 73.1 cm³/mol. The number of carbonyl (C=O) groups excluding carboxylic acids is 2. The number of ether oxygens (including phenoxy) is 1. The van der Waals surface area contributed by atoms with Gasteiger partial charge in [-0.15, -0.1) is 0 Å². The fourth-order valence-corrected chi connectivity index (χ4v) is 1.48. The van der Waals surface area contributed by atoms with Gasteiger partial charge >= 0.3 is 0 Å². The fraction of sp³-hybridized carbons (Fsp3) is 0.286. The van der Waals surface area contributed by atoms with Gasteiger partial charge in [-0.3, -0.25) is 9.59 Å². The molecule has 0 saturated carbocycles. The summed E-state index contributed by atoms with van der Waals surface area (Å²) >= 11 is 0. The first-order valence-electron chi connectivity index (χ1n) is 5.92. The molecule has 0 saturated heterocycles. The molecule has 1 aromatic rings. The lowest BCUT2D eigenvalue weighted by Gasteiger charge is -2.07. The molecule has 0 bridgehead atoms. The minimum Gasteiger partial charge on any atom is -0.495 e. The number of aliphatic hydroxyl groups excluding tert-OH is 1. The van der Waals surface area contributed by atoms with Crippen molar-refractivity contribution >= 4 is 11.8 Å². The summed E-state index contributed by atoms with van der Waals surface area (Å²) in [6.07, 6.45) is 0.0824. The van der Waals surface area contributed by atoms with Crippen LogP contribution in [-0.2, 0) is 4.79 Å². The van der Waals surface area contributed by atoms with Gasteiger partial charge in [0.1, 0.15) is 12.4 Å². The summed E-state index contributed by atoms with van der Waals surface area (Å²) in [5, 5.41) is 11.3. The average molecular weight is 276 g/mol. The number of carbonyl (C=O) groups is 2. The standard InChI is InChI=1S/C14H16N2O4/c1-20-12-5-4-11(9-10(12)3-2-8-17)14(19)16-7-6-13(15)18/h4-5,9,17H,6-8H2,1H3,(H2,15,18)(H,16,19). The molecule has 1 aromatic carbocycles. The maximum Gasteiger partial charge on any atom is 0.251 e. The Morgan fingerprint density at radius 1 is 1.45 bits per heavy atom. The molecule has 0 aliphatic heterocycles. The van der Waals surface area contributed by atoms with E-state index in [0.29, 0.717) is 16.9 Å². The van der Waals surface area contributed by atoms with Crippen LogP contribution in [0.25, 0.3) is 0 Å². The van der Waals surface area contributed by atoms with E-state index in [9.17, 15) is 9.59 Å². The molecule has 0 aliphatic rings. The molecule has 4 N–H and O–H groups in total. The average Bonchev–Trinajstić information content (AvgIpc) is 2.44. The molecule has 0 heterocycles. The van der Waals surface area contributed by atoms with E-state index >= 15 is 0 Å². The van der Waals surface area contributed by atoms with E-state index in [4.69, 9.17) is 15.6 Å². The van der Waals surface area contributed by atoms with E-state index in [-0.39, 0.29) is 25.5 Å². The van der Waals surface area contributed by atoms with Crippen LogP contribution in [0.4, 0.5) is 0 Å². The number of rotatable bonds is 5. The van der Waals surface area contributed by atoms with E-state index in [1.807, 2.05) is 0 Å². The molecule has 2 amide bonds. The molecule has 1 rings (SSSR count). The highest BCUT2D eigenvalue weighted by Gasteiger charge is 2.09. The molecular weight excluding hydrogens is 260 g/mol. The van der Waals surface area contributed by atoms with Crippen LogP contribution >= 0.6 is 0 Å². The van der Waals surface area contributed by atoms with Crippen molar-refractivity contribution in [2.24, 2.45) is 5.73 Å². The van der Waals surface area contributed by atoms with E-state index in [1.54, 1.807) is 18.2 Å². The Labute approximate surface area is 116 Å². The number of hydrogen-bond acceptors (Lipinski definition) is 4. The van der Waals surface area contributed by atoms with Crippen molar-refractivity contribution in [2.45, 2.75) is 6.42 Å². The first kappa shape index (κ1) is 15.5. The Balaban J connectivity index is 2.85. The molecule has 0 radical (unpaired) electrons. The fourth-order valence-electron chi connectivity index (χ4n) is 1.48. The van der Waals surface area contributed by atoms with Gasteiger partial charge in [-0.05, 0) is 18.2 Å². The molecule has 0 fully saturated rings. The molecule has 6 heteroatoms. The van der Waals surface area contributed by atoms with Gasteiger partial charge in [-0.1, -0.05) is 11.8 Å². The summed E-state index contributed by atoms with van der Waals surface area (Å²) in [4.78, 5) is 22.4. The first-order chi connectivity index (χ1) is 9.58. The normalized spacial score (nSPS) is 9.30. The molecule has 0 spiro atoms. The number of amides is 2. The first-order valence-corrected chi connectivity index (χ1v) is 5.92. The molecule has 0 unspecified atom stereocenters. The van der Waals surface area contributed by atoms with Crippen molar-refractivity contribution in [1.29, 1.82) is 0 Å². The second kappa shape index (κ2) is 7.81. The summed E-state index contributed by atoms with van der Waals surface area (Å²) in [6, 6.07) is 4.76. The van der Waals surface area contributed by atoms with Crippen molar-refractivity contribution in [3.05, 3.63) is 29.3 Å². The summed E-state index contributed by atoms with van der Waals surface area (Å²) in [5.41, 5.74) is 5.88. The second-order valence-corrected chi connectivity index (χ2v) is 3.85. The summed E-state index contributed by atoms with van der Waals surface area (Å²) < 4.78 is 5.11. The SMILES string of the molecule is COc1ccc(C(=O)NCCC(N)=O)cc1C#CCO. The van der Waals surface area contributed by atoms with Crippen molar-refractivity contribution in [3.8, 4) is 17.6 Å². The van der Waals surface area contributed by atoms with Crippen molar-refractivity contribution in [1.82, 2.24) is 5.32 Å². The van der Waals surface area contributed by atoms with Gasteiger partial charge in [0.15, 0.2) is 0 Å². The molecular formula is C14H16N2O4. The third-order valence-corrected chi connectivity index (χ3v) is 2.42. The Morgan fingerprint density at radius 2 is 2.20 bits per heavy atom. The van der Waals surface area contributed by atoms with Gasteiger partial charge in [0.25, 0.3) is 5.91 Å². The number of methoxy groups -OCH3 is 1. The maximum atomic E-state index is 11.9. The highest BCUT2D eigenvalue weighted by atomic mass is 16.5. The van der Waals surface area contributed by atoms with Gasteiger partial charge in [0.05, 0.1) is 12.7 Å². The van der Waals surface area contributed by atoms with Gasteiger partial charge in [0.2, 0.25) is 5.91 Å². The van der Waals surface area contributed by atoms with Crippen LogP contribution in [0.3, 0.4) is 0 Å². The van der Waals surface area contributed by atoms with E-state index in [2.05, 4.69) is 17.2 Å². The Kier molecular flexibility index (Phi) is 6.07. The number of benzene rings is 1. The molecule has 0 aliphatic carbocycles. The number of nitrogens with two attached hydrogens (primary N) is 1. The zero-order valence-electron chi connectivity index (χ0n) is 11.1. The third-order valence-electron chi connectivity index (χ3n) is 2.42. The lowest BCUT2D eigenvalue weighted by Crippen LogP contribution is -2.27. The third kappa shape index (κ3) is 4.63. The smallest absolute Gasteiger partial charge is 0.251 e. The van der Waals surface area contributed by atoms with Gasteiger partial charge in [-0.25, -0.2) is 0 Å². The lowest BCUT2D eigenvalue weighted by molar-refractivity contribution is -0.117. The molecule has 106 valence electrons. The minimum atomic E-state index is -0.477. The quantitative estimate of drug-likeness (QED) is 0.639. The van der Waals surface area contributed by atoms with Crippen LogP contribution in [0.5, 0.6) is 5.75 Å². The second-order valence-electron chi connectivity index (χ2n) is 3.85. The number of hydrogen-bond donors (Lipinski definition) is 3. The minimum absolute atomic E-state index is 0.0824. The van der Waals surface area contributed by atoms with Crippen LogP contribution in [0, 0.1) is 11.8 Å².